The Bertz CT molecular complexity index is 1130. The Labute approximate surface area is 175 Å². The normalized spacial score (nSPS) is 27.0. The summed E-state index contributed by atoms with van der Waals surface area (Å²) in [4.78, 5) is 15.9. The predicted octanol–water partition coefficient (Wildman–Crippen LogP) is -1.45. The Morgan fingerprint density at radius 2 is 2.00 bits per heavy atom. The number of methoxy groups -OCH3 is 1. The van der Waals surface area contributed by atoms with Crippen LogP contribution in [0.3, 0.4) is 0 Å². The van der Waals surface area contributed by atoms with Crippen molar-refractivity contribution >= 4 is 11.2 Å². The molecule has 0 bridgehead atoms. The van der Waals surface area contributed by atoms with E-state index < -0.39 is 37.3 Å². The zero-order chi connectivity index (χ0) is 22.1. The second kappa shape index (κ2) is 8.61. The van der Waals surface area contributed by atoms with Gasteiger partial charge >= 0.3 is 0 Å². The van der Waals surface area contributed by atoms with Gasteiger partial charge in [0.05, 0.1) is 26.6 Å². The number of nitrogens with zero attached hydrogens (tertiary/aromatic N) is 4. The maximum atomic E-state index is 10.4. The van der Waals surface area contributed by atoms with Crippen LogP contribution in [0.5, 0.6) is 11.5 Å². The van der Waals surface area contributed by atoms with Gasteiger partial charge in [-0.15, -0.1) is 0 Å². The summed E-state index contributed by atoms with van der Waals surface area (Å²) in [6.45, 7) is -0.426. The van der Waals surface area contributed by atoms with Crippen molar-refractivity contribution in [2.45, 2.75) is 37.2 Å². The van der Waals surface area contributed by atoms with Crippen LogP contribution < -0.4 is 10.2 Å². The zero-order valence-electron chi connectivity index (χ0n) is 16.5. The lowest BCUT2D eigenvalue weighted by Gasteiger charge is -2.40. The van der Waals surface area contributed by atoms with E-state index in [2.05, 4.69) is 19.9 Å². The van der Waals surface area contributed by atoms with Crippen molar-refractivity contribution in [3.05, 3.63) is 41.9 Å². The van der Waals surface area contributed by atoms with Crippen molar-refractivity contribution in [3.8, 4) is 11.5 Å². The molecule has 5 atom stereocenters. The highest BCUT2D eigenvalue weighted by Gasteiger charge is 2.44. The minimum Gasteiger partial charge on any atom is -0.504 e. The fourth-order valence-corrected chi connectivity index (χ4v) is 3.52. The number of aromatic hydroxyl groups is 1. The molecule has 12 nitrogen and oxygen atoms in total. The van der Waals surface area contributed by atoms with Crippen LogP contribution in [0.15, 0.2) is 35.8 Å². The van der Waals surface area contributed by atoms with E-state index in [0.717, 1.165) is 0 Å². The molecular formula is C19H23N5O7. The maximum Gasteiger partial charge on any atom is 0.177 e. The van der Waals surface area contributed by atoms with Crippen LogP contribution >= 0.6 is 0 Å². The molecule has 0 spiro atoms. The van der Waals surface area contributed by atoms with E-state index in [9.17, 15) is 25.5 Å². The number of imidazole rings is 1. The first-order chi connectivity index (χ1) is 15.0. The van der Waals surface area contributed by atoms with Gasteiger partial charge in [-0.1, -0.05) is 12.1 Å². The summed E-state index contributed by atoms with van der Waals surface area (Å²) in [6, 6.07) is 5.08. The van der Waals surface area contributed by atoms with Crippen LogP contribution in [0.25, 0.3) is 11.2 Å². The standard InChI is InChI=1S/C19H23N5O7/c1-30-10-4-2-3-9(13(10)26)5-20-17-12-18(22-7-21-12)24(8-23-17)19-16(29)15(28)14(27)11(6-25)31-19/h2-4,7-8,11,14-16,19,25-29H,5-6H2,1H3,(H,21,22)/t11-,14-,15+,16-,19?/m1/s1. The molecule has 12 heteroatoms. The third-order valence-corrected chi connectivity index (χ3v) is 5.23. The number of aromatic amines is 1. The molecule has 31 heavy (non-hydrogen) atoms. The lowest BCUT2D eigenvalue weighted by molar-refractivity contribution is -0.250. The van der Waals surface area contributed by atoms with Crippen molar-refractivity contribution in [1.29, 1.82) is 0 Å². The van der Waals surface area contributed by atoms with Gasteiger partial charge in [-0.3, -0.25) is 9.56 Å². The Kier molecular flexibility index (Phi) is 5.89. The number of phenolic OH excluding ortho intramolecular Hbond substituents is 1. The number of phenols is 1. The van der Waals surface area contributed by atoms with Crippen LogP contribution in [0, 0.1) is 0 Å². The van der Waals surface area contributed by atoms with Crippen LogP contribution in [-0.2, 0) is 11.3 Å². The number of rotatable bonds is 5. The van der Waals surface area contributed by atoms with Crippen molar-refractivity contribution in [1.82, 2.24) is 19.5 Å². The van der Waals surface area contributed by atoms with Crippen molar-refractivity contribution in [2.24, 2.45) is 4.99 Å². The van der Waals surface area contributed by atoms with Gasteiger partial charge in [-0.2, -0.15) is 0 Å². The minimum atomic E-state index is -1.53. The molecule has 0 radical (unpaired) electrons. The Morgan fingerprint density at radius 3 is 2.74 bits per heavy atom. The molecule has 1 aromatic carbocycles. The fraction of sp³-hybridized carbons (Fsp3) is 0.421. The van der Waals surface area contributed by atoms with Gasteiger partial charge in [0, 0.05) is 5.56 Å². The van der Waals surface area contributed by atoms with Crippen LogP contribution in [0.1, 0.15) is 11.8 Å². The number of benzene rings is 1. The summed E-state index contributed by atoms with van der Waals surface area (Å²) >= 11 is 0. The number of hydrogen-bond donors (Lipinski definition) is 6. The highest BCUT2D eigenvalue weighted by atomic mass is 16.6. The molecule has 0 amide bonds. The van der Waals surface area contributed by atoms with E-state index in [1.165, 1.54) is 24.3 Å². The SMILES string of the molecule is COc1cccc(CN=c2ncn(C3O[C@H](CO)[C@@H](O)[C@H](O)[C@H]3O)c3nc[nH]c23)c1O. The largest absolute Gasteiger partial charge is 0.504 e. The van der Waals surface area contributed by atoms with Crippen molar-refractivity contribution in [2.75, 3.05) is 13.7 Å². The van der Waals surface area contributed by atoms with Gasteiger partial charge in [0.1, 0.15) is 36.3 Å². The summed E-state index contributed by atoms with van der Waals surface area (Å²) in [5, 5.41) is 50.1. The Morgan fingerprint density at radius 1 is 1.19 bits per heavy atom. The first kappa shape index (κ1) is 21.2. The molecule has 1 unspecified atom stereocenters. The predicted molar refractivity (Wildman–Crippen MR) is 105 cm³/mol. The smallest absolute Gasteiger partial charge is 0.177 e. The van der Waals surface area contributed by atoms with E-state index >= 15 is 0 Å². The highest BCUT2D eigenvalue weighted by molar-refractivity contribution is 5.68. The molecule has 0 saturated carbocycles. The summed E-state index contributed by atoms with van der Waals surface area (Å²) in [5.41, 5.74) is 1.60. The van der Waals surface area contributed by atoms with Gasteiger partial charge < -0.3 is 40.0 Å². The maximum absolute atomic E-state index is 10.4. The highest BCUT2D eigenvalue weighted by Crippen LogP contribution is 2.30. The van der Waals surface area contributed by atoms with E-state index in [1.807, 2.05) is 0 Å². The van der Waals surface area contributed by atoms with Gasteiger partial charge in [-0.05, 0) is 6.07 Å². The average molecular weight is 433 g/mol. The lowest BCUT2D eigenvalue weighted by atomic mass is 9.98. The molecule has 0 aliphatic carbocycles. The van der Waals surface area contributed by atoms with Crippen LogP contribution in [0.2, 0.25) is 0 Å². The average Bonchev–Trinajstić information content (AvgIpc) is 3.27. The van der Waals surface area contributed by atoms with Gasteiger partial charge in [0.2, 0.25) is 0 Å². The lowest BCUT2D eigenvalue weighted by Crippen LogP contribution is -2.56. The summed E-state index contributed by atoms with van der Waals surface area (Å²) < 4.78 is 12.1. The number of nitrogens with one attached hydrogen (secondary N) is 1. The second-order valence-corrected chi connectivity index (χ2v) is 7.08. The molecule has 4 rings (SSSR count). The first-order valence-corrected chi connectivity index (χ1v) is 9.52. The number of fused-ring (bicyclic) bond motifs is 1. The van der Waals surface area contributed by atoms with Gasteiger partial charge in [0.15, 0.2) is 28.9 Å². The molecule has 3 aromatic rings. The number of ether oxygens (including phenoxy) is 2. The van der Waals surface area contributed by atoms with Crippen LogP contribution in [-0.4, -0.2) is 83.2 Å². The molecule has 2 aromatic heterocycles. The number of aliphatic hydroxyl groups is 4. The first-order valence-electron chi connectivity index (χ1n) is 9.52. The third kappa shape index (κ3) is 3.75. The molecular weight excluding hydrogens is 410 g/mol. The number of hydrogen-bond acceptors (Lipinski definition) is 10. The number of para-hydroxylation sites is 1. The van der Waals surface area contributed by atoms with E-state index in [1.54, 1.807) is 18.2 Å². The summed E-state index contributed by atoms with van der Waals surface area (Å²) in [5.74, 6) is 0.322. The molecule has 1 fully saturated rings. The third-order valence-electron chi connectivity index (χ3n) is 5.23. The zero-order valence-corrected chi connectivity index (χ0v) is 16.5. The van der Waals surface area contributed by atoms with Gasteiger partial charge in [-0.25, -0.2) is 9.97 Å². The topological polar surface area (TPSA) is 178 Å². The monoisotopic (exact) mass is 433 g/mol. The van der Waals surface area contributed by atoms with E-state index in [4.69, 9.17) is 9.47 Å². The minimum absolute atomic E-state index is 0.0121. The summed E-state index contributed by atoms with van der Waals surface area (Å²) in [7, 11) is 1.46. The number of H-pyrrole nitrogens is 1. The van der Waals surface area contributed by atoms with Crippen LogP contribution in [0.4, 0.5) is 0 Å². The van der Waals surface area contributed by atoms with Crippen molar-refractivity contribution < 1.29 is 35.0 Å². The molecule has 6 N–H and O–H groups in total. The Balaban J connectivity index is 1.70. The molecule has 166 valence electrons. The number of aliphatic hydroxyl groups excluding tert-OH is 4. The molecule has 1 aliphatic heterocycles. The van der Waals surface area contributed by atoms with E-state index in [-0.39, 0.29) is 12.3 Å². The van der Waals surface area contributed by atoms with Gasteiger partial charge in [0.25, 0.3) is 0 Å². The van der Waals surface area contributed by atoms with Crippen molar-refractivity contribution in [3.63, 3.8) is 0 Å². The second-order valence-electron chi connectivity index (χ2n) is 7.08. The molecule has 1 aliphatic rings. The number of aromatic nitrogens is 4. The molecule has 3 heterocycles. The quantitative estimate of drug-likeness (QED) is 0.281. The van der Waals surface area contributed by atoms with E-state index in [0.29, 0.717) is 28.0 Å². The summed E-state index contributed by atoms with van der Waals surface area (Å²) in [6.07, 6.45) is -3.95. The fourth-order valence-electron chi connectivity index (χ4n) is 3.52. The Hall–Kier alpha value is -3.03. The molecule has 1 saturated heterocycles.